The molecule has 1 aromatic carbocycles. The number of hydrogen-bond acceptors (Lipinski definition) is 0. The maximum absolute atomic E-state index is 11.9. The monoisotopic (exact) mass is 236 g/mol. The summed E-state index contributed by atoms with van der Waals surface area (Å²) in [4.78, 5) is 0. The number of rotatable bonds is 0. The molecule has 0 atom stereocenters. The van der Waals surface area contributed by atoms with Crippen LogP contribution in [0.15, 0.2) is 28.7 Å². The fraction of sp³-hybridized carbons (Fsp3) is 0.143. The van der Waals surface area contributed by atoms with E-state index in [0.29, 0.717) is 4.47 Å². The molecule has 0 heterocycles. The maximum Gasteiger partial charge on any atom is 0.416 e. The van der Waals surface area contributed by atoms with Gasteiger partial charge in [-0.1, -0.05) is 22.0 Å². The van der Waals surface area contributed by atoms with E-state index in [1.54, 1.807) is 6.07 Å². The third-order valence-corrected chi connectivity index (χ3v) is 1.65. The van der Waals surface area contributed by atoms with Gasteiger partial charge >= 0.3 is 6.18 Å². The van der Waals surface area contributed by atoms with Crippen LogP contribution in [-0.4, -0.2) is 0 Å². The van der Waals surface area contributed by atoms with Gasteiger partial charge in [0.15, 0.2) is 0 Å². The van der Waals surface area contributed by atoms with E-state index in [9.17, 15) is 13.2 Å². The van der Waals surface area contributed by atoms with E-state index in [-0.39, 0.29) is 0 Å². The summed E-state index contributed by atoms with van der Waals surface area (Å²) in [6.45, 7) is 0. The zero-order valence-corrected chi connectivity index (χ0v) is 6.91. The Kier molecular flexibility index (Phi) is 2.23. The van der Waals surface area contributed by atoms with Crippen LogP contribution in [0.3, 0.4) is 0 Å². The highest BCUT2D eigenvalue weighted by Crippen LogP contribution is 2.30. The molecule has 0 radical (unpaired) electrons. The summed E-state index contributed by atoms with van der Waals surface area (Å²) in [7, 11) is 0. The van der Waals surface area contributed by atoms with Crippen molar-refractivity contribution in [3.05, 3.63) is 34.3 Å². The summed E-state index contributed by atoms with van der Waals surface area (Å²) >= 11 is 2.95. The van der Waals surface area contributed by atoms with Crippen molar-refractivity contribution < 1.29 is 13.2 Å². The van der Waals surface area contributed by atoms with Gasteiger partial charge in [0.1, 0.15) is 0 Å². The van der Waals surface area contributed by atoms with E-state index in [0.717, 1.165) is 12.1 Å². The van der Waals surface area contributed by atoms with Gasteiger partial charge in [0.05, 0.1) is 5.56 Å². The Hall–Kier alpha value is -0.510. The highest BCUT2D eigenvalue weighted by Gasteiger charge is 2.30. The predicted molar refractivity (Wildman–Crippen MR) is 39.1 cm³/mol. The van der Waals surface area contributed by atoms with E-state index < -0.39 is 11.7 Å². The van der Waals surface area contributed by atoms with E-state index in [1.807, 2.05) is 0 Å². The smallest absolute Gasteiger partial charge is 0.166 e. The summed E-state index contributed by atoms with van der Waals surface area (Å²) in [6, 6.07) is 4.98. The van der Waals surface area contributed by atoms with Crippen LogP contribution in [0.5, 0.6) is 0 Å². The van der Waals surface area contributed by atoms with Crippen molar-refractivity contribution in [2.45, 2.75) is 6.18 Å². The second-order valence-electron chi connectivity index (χ2n) is 2.01. The van der Waals surface area contributed by atoms with Crippen LogP contribution in [-0.2, 0) is 6.18 Å². The minimum absolute atomic E-state index is 0.437. The predicted octanol–water partition coefficient (Wildman–Crippen LogP) is 3.47. The summed E-state index contributed by atoms with van der Waals surface area (Å²) in [6.07, 6.45) is -4.25. The average molecular weight is 237 g/mol. The zero-order valence-electron chi connectivity index (χ0n) is 5.32. The summed E-state index contributed by atoms with van der Waals surface area (Å²) in [5, 5.41) is 0. The molecule has 4 heteroatoms. The molecular weight excluding hydrogens is 233 g/mol. The standard InChI is InChI=1S/C7H4BrF3/c8-6-3-1-2-5(4-6)7(9,10)11/h1-4H/i1+2,2+2,3+2,4+2,5+2,6+2. The number of hydrogen-bond donors (Lipinski definition) is 0. The summed E-state index contributed by atoms with van der Waals surface area (Å²) < 4.78 is 36.3. The topological polar surface area (TPSA) is 0 Å². The zero-order chi connectivity index (χ0) is 8.48. The van der Waals surface area contributed by atoms with Gasteiger partial charge in [-0.3, -0.25) is 0 Å². The quantitative estimate of drug-likeness (QED) is 0.647. The van der Waals surface area contributed by atoms with Crippen LogP contribution in [0.2, 0.25) is 0 Å². The van der Waals surface area contributed by atoms with Crippen LogP contribution >= 0.6 is 15.9 Å². The SMILES string of the molecule is FC(F)(F)[14c]1[14cH][14cH][14cH][14c](Br)[14cH]1. The molecule has 60 valence electrons. The van der Waals surface area contributed by atoms with Gasteiger partial charge in [-0.05, 0) is 18.2 Å². The summed E-state index contributed by atoms with van der Waals surface area (Å²) in [5.41, 5.74) is -0.633. The molecule has 0 fully saturated rings. The van der Waals surface area contributed by atoms with E-state index in [1.165, 1.54) is 6.07 Å². The Balaban J connectivity index is 3.06. The Labute approximate surface area is 70.2 Å². The first-order valence-corrected chi connectivity index (χ1v) is 3.62. The molecule has 0 spiro atoms. The van der Waals surface area contributed by atoms with Gasteiger partial charge < -0.3 is 0 Å². The number of benzene rings is 1. The van der Waals surface area contributed by atoms with E-state index >= 15 is 0 Å². The summed E-state index contributed by atoms with van der Waals surface area (Å²) in [5.74, 6) is 0. The van der Waals surface area contributed by atoms with Gasteiger partial charge in [-0.25, -0.2) is 0 Å². The first-order chi connectivity index (χ1) is 5.00. The largest absolute Gasteiger partial charge is 0.416 e. The molecule has 1 rings (SSSR count). The normalized spacial score (nSPS) is 11.6. The van der Waals surface area contributed by atoms with Gasteiger partial charge in [-0.2, -0.15) is 13.2 Å². The Morgan fingerprint density at radius 2 is 1.82 bits per heavy atom. The van der Waals surface area contributed by atoms with Crippen molar-refractivity contribution in [1.29, 1.82) is 0 Å². The number of halogens is 4. The maximum atomic E-state index is 11.9. The number of alkyl halides is 3. The van der Waals surface area contributed by atoms with E-state index in [4.69, 9.17) is 0 Å². The second kappa shape index (κ2) is 2.85. The van der Waals surface area contributed by atoms with Crippen molar-refractivity contribution >= 4 is 15.9 Å². The minimum Gasteiger partial charge on any atom is -0.166 e. The van der Waals surface area contributed by atoms with Crippen LogP contribution in [0, 0.1) is 0 Å². The van der Waals surface area contributed by atoms with Gasteiger partial charge in [0.25, 0.3) is 0 Å². The molecular formula is C7H4BrF3. The molecule has 0 nitrogen and oxygen atoms in total. The molecule has 0 saturated heterocycles. The molecule has 0 amide bonds. The van der Waals surface area contributed by atoms with Crippen molar-refractivity contribution in [2.75, 3.05) is 0 Å². The lowest BCUT2D eigenvalue weighted by atomic mass is 11.2. The molecule has 1 aromatic rings. The molecule has 0 unspecified atom stereocenters. The van der Waals surface area contributed by atoms with Crippen LogP contribution < -0.4 is 0 Å². The van der Waals surface area contributed by atoms with Gasteiger partial charge in [-0.15, -0.1) is 0 Å². The Bertz CT molecular complexity index is 254. The Morgan fingerprint density at radius 1 is 1.18 bits per heavy atom. The van der Waals surface area contributed by atoms with Crippen molar-refractivity contribution in [3.8, 4) is 0 Å². The highest BCUT2D eigenvalue weighted by atomic mass is 79.9. The molecule has 0 aliphatic carbocycles. The Morgan fingerprint density at radius 3 is 2.18 bits per heavy atom. The second-order valence-corrected chi connectivity index (χ2v) is 2.92. The first-order valence-electron chi connectivity index (χ1n) is 2.83. The fourth-order valence-electron chi connectivity index (χ4n) is 0.665. The third-order valence-electron chi connectivity index (χ3n) is 1.15. The van der Waals surface area contributed by atoms with Crippen molar-refractivity contribution in [1.82, 2.24) is 0 Å². The lowest BCUT2D eigenvalue weighted by Gasteiger charge is -2.05. The van der Waals surface area contributed by atoms with E-state index in [2.05, 4.69) is 15.9 Å². The molecule has 0 aliphatic rings. The molecule has 0 saturated carbocycles. The highest BCUT2D eigenvalue weighted by molar-refractivity contribution is 9.10. The van der Waals surface area contributed by atoms with Crippen LogP contribution in [0.1, 0.15) is 5.56 Å². The first kappa shape index (κ1) is 8.59. The van der Waals surface area contributed by atoms with Crippen LogP contribution in [0.25, 0.3) is 0 Å². The molecule has 11 heavy (non-hydrogen) atoms. The lowest BCUT2D eigenvalue weighted by Crippen LogP contribution is -2.03. The molecule has 0 N–H and O–H groups in total. The van der Waals surface area contributed by atoms with Crippen molar-refractivity contribution in [2.24, 2.45) is 0 Å². The lowest BCUT2D eigenvalue weighted by molar-refractivity contribution is -0.137. The van der Waals surface area contributed by atoms with Crippen molar-refractivity contribution in [3.63, 3.8) is 0 Å². The average Bonchev–Trinajstić information content (AvgIpc) is 1.86. The molecule has 0 aromatic heterocycles. The third kappa shape index (κ3) is 2.22. The van der Waals surface area contributed by atoms with Gasteiger partial charge in [0, 0.05) is 4.47 Å². The fourth-order valence-corrected chi connectivity index (χ4v) is 1.06. The minimum atomic E-state index is -4.25. The van der Waals surface area contributed by atoms with Crippen LogP contribution in [0.4, 0.5) is 13.2 Å². The van der Waals surface area contributed by atoms with Gasteiger partial charge in [0.2, 0.25) is 0 Å². The molecule has 0 bridgehead atoms. The molecule has 0 aliphatic heterocycles.